The molecule has 0 aromatic heterocycles. The highest BCUT2D eigenvalue weighted by atomic mass is 15.2. The molecule has 5 N–H and O–H groups in total. The third-order valence-electron chi connectivity index (χ3n) is 5.69. The Morgan fingerprint density at radius 2 is 1.26 bits per heavy atom. The van der Waals surface area contributed by atoms with Crippen LogP contribution >= 0.6 is 0 Å². The van der Waals surface area contributed by atoms with Crippen molar-refractivity contribution in [3.8, 4) is 0 Å². The highest BCUT2D eigenvalue weighted by Gasteiger charge is 2.16. The second kappa shape index (κ2) is 19.4. The Morgan fingerprint density at radius 1 is 0.742 bits per heavy atom. The van der Waals surface area contributed by atoms with Gasteiger partial charge in [0, 0.05) is 6.54 Å². The van der Waals surface area contributed by atoms with Crippen molar-refractivity contribution >= 4 is 11.9 Å². The quantitative estimate of drug-likeness (QED) is 0.143. The first-order chi connectivity index (χ1) is 14.8. The van der Waals surface area contributed by atoms with Crippen molar-refractivity contribution in [3.63, 3.8) is 0 Å². The summed E-state index contributed by atoms with van der Waals surface area (Å²) < 4.78 is 0. The number of hydrogen-bond acceptors (Lipinski definition) is 3. The minimum atomic E-state index is -0.176. The number of hydrogen-bond donors (Lipinski definition) is 3. The summed E-state index contributed by atoms with van der Waals surface area (Å²) >= 11 is 0. The predicted molar refractivity (Wildman–Crippen MR) is 139 cm³/mol. The van der Waals surface area contributed by atoms with E-state index in [0.29, 0.717) is 18.5 Å². The van der Waals surface area contributed by atoms with Gasteiger partial charge in [0.1, 0.15) is 0 Å². The van der Waals surface area contributed by atoms with Gasteiger partial charge in [0.15, 0.2) is 11.9 Å². The van der Waals surface area contributed by atoms with Gasteiger partial charge in [-0.25, -0.2) is 4.99 Å². The maximum absolute atomic E-state index is 5.98. The van der Waals surface area contributed by atoms with Gasteiger partial charge in [-0.1, -0.05) is 84.5 Å². The van der Waals surface area contributed by atoms with Crippen LogP contribution in [0.1, 0.15) is 118 Å². The number of unbranched alkanes of at least 4 members (excludes halogenated alkanes) is 10. The Kier molecular flexibility index (Phi) is 18.6. The molecule has 0 aliphatic carbocycles. The highest BCUT2D eigenvalue weighted by Crippen LogP contribution is 2.17. The molecule has 0 unspecified atom stereocenters. The van der Waals surface area contributed by atoms with Crippen LogP contribution in [0.3, 0.4) is 0 Å². The molecule has 0 saturated heterocycles. The molecule has 0 aliphatic heterocycles. The second-order valence-corrected chi connectivity index (χ2v) is 9.64. The summed E-state index contributed by atoms with van der Waals surface area (Å²) in [5.74, 6) is 0.699. The fourth-order valence-corrected chi connectivity index (χ4v) is 3.71. The fourth-order valence-electron chi connectivity index (χ4n) is 3.71. The maximum Gasteiger partial charge on any atom is 0.195 e. The molecule has 0 saturated carbocycles. The fraction of sp³-hybridized carbons (Fsp3) is 0.920. The van der Waals surface area contributed by atoms with Crippen LogP contribution in [-0.4, -0.2) is 49.0 Å². The van der Waals surface area contributed by atoms with Crippen LogP contribution in [0.2, 0.25) is 0 Å². The first kappa shape index (κ1) is 29.7. The van der Waals surface area contributed by atoms with Crippen molar-refractivity contribution in [2.75, 3.05) is 26.7 Å². The van der Waals surface area contributed by atoms with Crippen LogP contribution in [-0.2, 0) is 0 Å². The molecule has 0 aliphatic rings. The minimum absolute atomic E-state index is 0.176. The molecule has 0 rings (SSSR count). The zero-order valence-corrected chi connectivity index (χ0v) is 21.5. The van der Waals surface area contributed by atoms with E-state index in [-0.39, 0.29) is 5.54 Å². The molecule has 0 atom stereocenters. The lowest BCUT2D eigenvalue weighted by Gasteiger charge is -2.20. The monoisotopic (exact) mass is 438 g/mol. The van der Waals surface area contributed by atoms with Gasteiger partial charge < -0.3 is 16.4 Å². The lowest BCUT2D eigenvalue weighted by atomic mass is 9.99. The van der Waals surface area contributed by atoms with Crippen molar-refractivity contribution in [1.29, 1.82) is 0 Å². The normalized spacial score (nSPS) is 13.2. The first-order valence-corrected chi connectivity index (χ1v) is 12.9. The van der Waals surface area contributed by atoms with E-state index in [0.717, 1.165) is 32.2 Å². The highest BCUT2D eigenvalue weighted by molar-refractivity contribution is 5.97. The second-order valence-electron chi connectivity index (χ2n) is 9.64. The van der Waals surface area contributed by atoms with Crippen LogP contribution in [0.4, 0.5) is 0 Å². The zero-order chi connectivity index (χ0) is 23.4. The molecule has 0 aromatic carbocycles. The number of nitrogens with zero attached hydrogens (tertiary/aromatic N) is 3. The zero-order valence-electron chi connectivity index (χ0n) is 21.5. The van der Waals surface area contributed by atoms with E-state index >= 15 is 0 Å². The van der Waals surface area contributed by atoms with E-state index in [4.69, 9.17) is 11.5 Å². The maximum atomic E-state index is 5.98. The Bertz CT molecular complexity index is 473. The van der Waals surface area contributed by atoms with Gasteiger partial charge >= 0.3 is 0 Å². The molecule has 0 bridgehead atoms. The SMILES string of the molecule is CCCCCCCCCCCCN(C)CCCN=C(N)NC(N)=NC(C)(C)CCCC. The third kappa shape index (κ3) is 20.4. The van der Waals surface area contributed by atoms with Crippen LogP contribution in [0.5, 0.6) is 0 Å². The lowest BCUT2D eigenvalue weighted by Crippen LogP contribution is -2.43. The summed E-state index contributed by atoms with van der Waals surface area (Å²) in [5, 5.41) is 2.92. The van der Waals surface area contributed by atoms with Gasteiger partial charge in [-0.3, -0.25) is 10.3 Å². The van der Waals surface area contributed by atoms with Gasteiger partial charge in [0.05, 0.1) is 5.54 Å². The molecule has 184 valence electrons. The first-order valence-electron chi connectivity index (χ1n) is 12.9. The average Bonchev–Trinajstić information content (AvgIpc) is 2.70. The van der Waals surface area contributed by atoms with Gasteiger partial charge in [-0.2, -0.15) is 0 Å². The molecular weight excluding hydrogens is 384 g/mol. The average molecular weight is 439 g/mol. The molecule has 6 nitrogen and oxygen atoms in total. The Hall–Kier alpha value is -1.30. The summed E-state index contributed by atoms with van der Waals surface area (Å²) in [5.41, 5.74) is 11.8. The van der Waals surface area contributed by atoms with Crippen LogP contribution < -0.4 is 16.8 Å². The van der Waals surface area contributed by atoms with E-state index in [1.165, 1.54) is 70.8 Å². The van der Waals surface area contributed by atoms with Crippen molar-refractivity contribution in [1.82, 2.24) is 10.2 Å². The molecule has 31 heavy (non-hydrogen) atoms. The summed E-state index contributed by atoms with van der Waals surface area (Å²) in [6.45, 7) is 11.6. The molecule has 6 heteroatoms. The standard InChI is InChI=1S/C25H54N6/c1-6-8-10-11-12-13-14-15-16-17-21-31(5)22-18-20-28-23(26)29-24(27)30-25(3,4)19-9-7-2/h6-22H2,1-5H3,(H5,26,27,28,29,30). The molecule has 0 radical (unpaired) electrons. The van der Waals surface area contributed by atoms with Crippen molar-refractivity contribution in [2.24, 2.45) is 21.5 Å². The smallest absolute Gasteiger partial charge is 0.195 e. The van der Waals surface area contributed by atoms with E-state index in [2.05, 4.69) is 54.9 Å². The lowest BCUT2D eigenvalue weighted by molar-refractivity contribution is 0.321. The van der Waals surface area contributed by atoms with E-state index in [1.807, 2.05) is 0 Å². The Balaban J connectivity index is 3.78. The van der Waals surface area contributed by atoms with Gasteiger partial charge in [-0.15, -0.1) is 0 Å². The Morgan fingerprint density at radius 3 is 1.84 bits per heavy atom. The predicted octanol–water partition coefficient (Wildman–Crippen LogP) is 5.42. The molecule has 0 fully saturated rings. The summed E-state index contributed by atoms with van der Waals surface area (Å²) in [4.78, 5) is 11.3. The van der Waals surface area contributed by atoms with Crippen molar-refractivity contribution in [3.05, 3.63) is 0 Å². The van der Waals surface area contributed by atoms with Crippen molar-refractivity contribution < 1.29 is 0 Å². The largest absolute Gasteiger partial charge is 0.370 e. The third-order valence-corrected chi connectivity index (χ3v) is 5.69. The van der Waals surface area contributed by atoms with Gasteiger partial charge in [0.25, 0.3) is 0 Å². The number of nitrogens with one attached hydrogen (secondary N) is 1. The molecule has 0 amide bonds. The molecular formula is C25H54N6. The molecule has 0 heterocycles. The number of rotatable bonds is 19. The van der Waals surface area contributed by atoms with E-state index < -0.39 is 0 Å². The molecule has 0 spiro atoms. The van der Waals surface area contributed by atoms with E-state index in [1.54, 1.807) is 0 Å². The van der Waals surface area contributed by atoms with Crippen LogP contribution in [0.15, 0.2) is 9.98 Å². The summed E-state index contributed by atoms with van der Waals surface area (Å²) in [6.07, 6.45) is 18.2. The van der Waals surface area contributed by atoms with Crippen LogP contribution in [0.25, 0.3) is 0 Å². The van der Waals surface area contributed by atoms with Gasteiger partial charge in [-0.05, 0) is 53.2 Å². The van der Waals surface area contributed by atoms with Gasteiger partial charge in [0.2, 0.25) is 0 Å². The summed E-state index contributed by atoms with van der Waals surface area (Å²) in [7, 11) is 2.20. The minimum Gasteiger partial charge on any atom is -0.370 e. The number of nitrogens with two attached hydrogens (primary N) is 2. The number of guanidine groups is 2. The number of aliphatic imine (C=N–C) groups is 2. The summed E-state index contributed by atoms with van der Waals surface area (Å²) in [6, 6.07) is 0. The van der Waals surface area contributed by atoms with Crippen LogP contribution in [0, 0.1) is 0 Å². The van der Waals surface area contributed by atoms with Crippen molar-refractivity contribution in [2.45, 2.75) is 123 Å². The van der Waals surface area contributed by atoms with E-state index in [9.17, 15) is 0 Å². The Labute approximate surface area is 193 Å². The molecule has 0 aromatic rings. The topological polar surface area (TPSA) is 92.0 Å².